The van der Waals surface area contributed by atoms with Gasteiger partial charge in [-0.25, -0.2) is 4.39 Å². The highest BCUT2D eigenvalue weighted by Gasteiger charge is 2.33. The number of benzene rings is 1. The van der Waals surface area contributed by atoms with Gasteiger partial charge in [0.15, 0.2) is 0 Å². The SMILES string of the molecule is Cl.Cl.Fc1c(Cl)ccc(Cl)c1[C@@H](CCC(F)(F)F)N1CCNCC1. The summed E-state index contributed by atoms with van der Waals surface area (Å²) < 4.78 is 52.1. The zero-order valence-corrected chi connectivity index (χ0v) is 15.7. The van der Waals surface area contributed by atoms with Crippen LogP contribution in [0.25, 0.3) is 0 Å². The van der Waals surface area contributed by atoms with E-state index < -0.39 is 24.5 Å². The predicted molar refractivity (Wildman–Crippen MR) is 93.4 cm³/mol. The fourth-order valence-electron chi connectivity index (χ4n) is 2.65. The zero-order chi connectivity index (χ0) is 16.3. The van der Waals surface area contributed by atoms with Crippen molar-refractivity contribution in [1.82, 2.24) is 10.2 Å². The molecule has 1 aromatic carbocycles. The van der Waals surface area contributed by atoms with Crippen molar-refractivity contribution in [3.05, 3.63) is 33.6 Å². The third-order valence-electron chi connectivity index (χ3n) is 3.71. The second-order valence-corrected chi connectivity index (χ2v) is 6.03. The second kappa shape index (κ2) is 10.2. The van der Waals surface area contributed by atoms with Crippen LogP contribution in [0.2, 0.25) is 10.0 Å². The summed E-state index contributed by atoms with van der Waals surface area (Å²) in [7, 11) is 0. The lowest BCUT2D eigenvalue weighted by atomic mass is 9.98. The molecule has 0 bridgehead atoms. The average Bonchev–Trinajstić information content (AvgIpc) is 2.46. The molecule has 1 aliphatic heterocycles. The third-order valence-corrected chi connectivity index (χ3v) is 4.33. The number of piperazine rings is 1. The lowest BCUT2D eigenvalue weighted by molar-refractivity contribution is -0.138. The molecule has 1 aliphatic rings. The van der Waals surface area contributed by atoms with Crippen LogP contribution in [0.5, 0.6) is 0 Å². The molecule has 0 radical (unpaired) electrons. The minimum absolute atomic E-state index is 0. The van der Waals surface area contributed by atoms with Gasteiger partial charge in [0.2, 0.25) is 0 Å². The molecule has 0 aromatic heterocycles. The van der Waals surface area contributed by atoms with Crippen molar-refractivity contribution in [2.24, 2.45) is 0 Å². The van der Waals surface area contributed by atoms with Crippen molar-refractivity contribution in [3.8, 4) is 0 Å². The van der Waals surface area contributed by atoms with Crippen LogP contribution in [0.1, 0.15) is 24.4 Å². The van der Waals surface area contributed by atoms with E-state index in [1.165, 1.54) is 12.1 Å². The van der Waals surface area contributed by atoms with Crippen LogP contribution in [0.3, 0.4) is 0 Å². The molecule has 1 heterocycles. The summed E-state index contributed by atoms with van der Waals surface area (Å²) in [5.41, 5.74) is 0.0558. The highest BCUT2D eigenvalue weighted by Crippen LogP contribution is 2.38. The number of nitrogens with zero attached hydrogens (tertiary/aromatic N) is 1. The van der Waals surface area contributed by atoms with Gasteiger partial charge in [-0.3, -0.25) is 4.90 Å². The van der Waals surface area contributed by atoms with E-state index in [-0.39, 0.29) is 46.8 Å². The molecule has 0 aliphatic carbocycles. The lowest BCUT2D eigenvalue weighted by Gasteiger charge is -2.36. The van der Waals surface area contributed by atoms with E-state index >= 15 is 0 Å². The quantitative estimate of drug-likeness (QED) is 0.516. The maximum Gasteiger partial charge on any atom is 0.389 e. The summed E-state index contributed by atoms with van der Waals surface area (Å²) in [5.74, 6) is -0.736. The molecule has 140 valence electrons. The van der Waals surface area contributed by atoms with Crippen molar-refractivity contribution < 1.29 is 17.6 Å². The highest BCUT2D eigenvalue weighted by molar-refractivity contribution is 6.33. The monoisotopic (exact) mass is 430 g/mol. The second-order valence-electron chi connectivity index (χ2n) is 5.21. The predicted octanol–water partition coefficient (Wildman–Crippen LogP) is 5.26. The number of alkyl halides is 3. The topological polar surface area (TPSA) is 15.3 Å². The van der Waals surface area contributed by atoms with Gasteiger partial charge >= 0.3 is 6.18 Å². The number of hydrogen-bond donors (Lipinski definition) is 1. The summed E-state index contributed by atoms with van der Waals surface area (Å²) in [5, 5.41) is 3.09. The van der Waals surface area contributed by atoms with Gasteiger partial charge in [-0.05, 0) is 18.6 Å². The summed E-state index contributed by atoms with van der Waals surface area (Å²) in [6.07, 6.45) is -5.54. The smallest absolute Gasteiger partial charge is 0.314 e. The Balaban J connectivity index is 0.00000264. The maximum absolute atomic E-state index is 14.3. The van der Waals surface area contributed by atoms with Crippen molar-refractivity contribution >= 4 is 48.0 Å². The van der Waals surface area contributed by atoms with E-state index in [1.807, 2.05) is 4.90 Å². The van der Waals surface area contributed by atoms with Crippen LogP contribution in [0, 0.1) is 5.82 Å². The van der Waals surface area contributed by atoms with Crippen LogP contribution >= 0.6 is 48.0 Å². The molecule has 10 heteroatoms. The summed E-state index contributed by atoms with van der Waals surface area (Å²) in [4.78, 5) is 1.82. The van der Waals surface area contributed by atoms with E-state index in [0.29, 0.717) is 26.2 Å². The normalized spacial score (nSPS) is 16.9. The van der Waals surface area contributed by atoms with Crippen molar-refractivity contribution in [1.29, 1.82) is 0 Å². The van der Waals surface area contributed by atoms with Crippen molar-refractivity contribution in [2.45, 2.75) is 25.1 Å². The standard InChI is InChI=1S/C14H16Cl2F4N2.2ClH/c15-9-1-2-10(16)13(17)12(9)11(3-4-14(18,19)20)22-7-5-21-6-8-22;;/h1-2,11,21H,3-8H2;2*1H/t11-;;/m1../s1. The zero-order valence-electron chi connectivity index (χ0n) is 12.5. The van der Waals surface area contributed by atoms with Crippen LogP contribution in [-0.4, -0.2) is 37.3 Å². The fraction of sp³-hybridized carbons (Fsp3) is 0.571. The van der Waals surface area contributed by atoms with E-state index in [0.717, 1.165) is 0 Å². The van der Waals surface area contributed by atoms with Gasteiger partial charge in [0.25, 0.3) is 0 Å². The minimum atomic E-state index is -4.30. The number of hydrogen-bond acceptors (Lipinski definition) is 2. The number of halogens is 8. The molecule has 0 spiro atoms. The van der Waals surface area contributed by atoms with Gasteiger partial charge in [-0.2, -0.15) is 13.2 Å². The molecule has 2 rings (SSSR count). The Morgan fingerprint density at radius 2 is 1.62 bits per heavy atom. The van der Waals surface area contributed by atoms with Gasteiger partial charge in [0, 0.05) is 49.2 Å². The van der Waals surface area contributed by atoms with Crippen molar-refractivity contribution in [2.75, 3.05) is 26.2 Å². The molecular weight excluding hydrogens is 414 g/mol. The van der Waals surface area contributed by atoms with Crippen molar-refractivity contribution in [3.63, 3.8) is 0 Å². The Kier molecular flexibility index (Phi) is 10.2. The van der Waals surface area contributed by atoms with Crippen LogP contribution < -0.4 is 5.32 Å². The minimum Gasteiger partial charge on any atom is -0.314 e. The molecule has 24 heavy (non-hydrogen) atoms. The Morgan fingerprint density at radius 3 is 2.17 bits per heavy atom. The van der Waals surface area contributed by atoms with E-state index in [1.54, 1.807) is 0 Å². The summed E-state index contributed by atoms with van der Waals surface area (Å²) >= 11 is 11.8. The summed E-state index contributed by atoms with van der Waals surface area (Å²) in [6.45, 7) is 2.35. The summed E-state index contributed by atoms with van der Waals surface area (Å²) in [6, 6.07) is 1.99. The largest absolute Gasteiger partial charge is 0.389 e. The van der Waals surface area contributed by atoms with E-state index in [2.05, 4.69) is 5.32 Å². The first-order valence-corrected chi connectivity index (χ1v) is 7.70. The number of nitrogens with one attached hydrogen (secondary N) is 1. The third kappa shape index (κ3) is 6.39. The first-order valence-electron chi connectivity index (χ1n) is 6.94. The first-order chi connectivity index (χ1) is 10.3. The molecule has 1 N–H and O–H groups in total. The number of rotatable bonds is 4. The Bertz CT molecular complexity index is 522. The molecule has 1 atom stereocenters. The molecule has 0 amide bonds. The van der Waals surface area contributed by atoms with Crippen LogP contribution in [0.15, 0.2) is 12.1 Å². The fourth-order valence-corrected chi connectivity index (χ4v) is 3.09. The van der Waals surface area contributed by atoms with Gasteiger partial charge < -0.3 is 5.32 Å². The van der Waals surface area contributed by atoms with Gasteiger partial charge in [-0.15, -0.1) is 24.8 Å². The highest BCUT2D eigenvalue weighted by atomic mass is 35.5. The molecule has 2 nitrogen and oxygen atoms in total. The van der Waals surface area contributed by atoms with E-state index in [9.17, 15) is 17.6 Å². The van der Waals surface area contributed by atoms with Gasteiger partial charge in [0.1, 0.15) is 5.82 Å². The lowest BCUT2D eigenvalue weighted by Crippen LogP contribution is -2.45. The first kappa shape index (κ1) is 24.0. The van der Waals surface area contributed by atoms with Crippen LogP contribution in [0.4, 0.5) is 17.6 Å². The molecule has 1 saturated heterocycles. The van der Waals surface area contributed by atoms with Crippen LogP contribution in [-0.2, 0) is 0 Å². The van der Waals surface area contributed by atoms with Gasteiger partial charge in [0.05, 0.1) is 5.02 Å². The Hall–Kier alpha value is 0.0200. The molecule has 0 unspecified atom stereocenters. The van der Waals surface area contributed by atoms with Gasteiger partial charge in [-0.1, -0.05) is 23.2 Å². The van der Waals surface area contributed by atoms with E-state index in [4.69, 9.17) is 23.2 Å². The molecule has 1 aromatic rings. The molecular formula is C14H18Cl4F4N2. The Morgan fingerprint density at radius 1 is 1.08 bits per heavy atom. The molecule has 0 saturated carbocycles. The Labute approximate surface area is 160 Å². The average molecular weight is 432 g/mol. The molecule has 1 fully saturated rings. The maximum atomic E-state index is 14.3.